The number of unbranched alkanes of at least 4 members (excludes halogenated alkanes) is 1. The van der Waals surface area contributed by atoms with Crippen LogP contribution in [0.15, 0.2) is 36.4 Å². The second kappa shape index (κ2) is 6.56. The van der Waals surface area contributed by atoms with Crippen molar-refractivity contribution >= 4 is 23.2 Å². The van der Waals surface area contributed by atoms with E-state index in [1.807, 2.05) is 18.2 Å². The molecule has 0 bridgehead atoms. The van der Waals surface area contributed by atoms with Gasteiger partial charge in [-0.2, -0.15) is 0 Å². The number of nitrogens with zero attached hydrogens (tertiary/aromatic N) is 3. The summed E-state index contributed by atoms with van der Waals surface area (Å²) in [5.74, 6) is 1.32. The van der Waals surface area contributed by atoms with Crippen molar-refractivity contribution in [3.8, 4) is 0 Å². The summed E-state index contributed by atoms with van der Waals surface area (Å²) in [7, 11) is 0. The van der Waals surface area contributed by atoms with Crippen LogP contribution in [0.2, 0.25) is 0 Å². The lowest BCUT2D eigenvalue weighted by Gasteiger charge is -2.17. The van der Waals surface area contributed by atoms with Gasteiger partial charge in [-0.25, -0.2) is 0 Å². The summed E-state index contributed by atoms with van der Waals surface area (Å²) in [6, 6.07) is 12.1. The number of hydrogen-bond acceptors (Lipinski definition) is 4. The zero-order chi connectivity index (χ0) is 15.4. The standard InChI is InChI=1S/C17H20N4O/c1-2-3-8-17(22)18-15-9-10-16(20-19-15)21-12-11-13-6-4-5-7-14(13)21/h4-7,9-10H,2-3,8,11-12H2,1H3,(H,18,19,22). The molecule has 0 fully saturated rings. The number of aromatic nitrogens is 2. The summed E-state index contributed by atoms with van der Waals surface area (Å²) in [5.41, 5.74) is 2.53. The molecule has 22 heavy (non-hydrogen) atoms. The maximum atomic E-state index is 11.7. The topological polar surface area (TPSA) is 58.1 Å². The molecule has 0 radical (unpaired) electrons. The molecular weight excluding hydrogens is 276 g/mol. The second-order valence-electron chi connectivity index (χ2n) is 5.46. The van der Waals surface area contributed by atoms with E-state index in [2.05, 4.69) is 45.5 Å². The van der Waals surface area contributed by atoms with Crippen molar-refractivity contribution < 1.29 is 4.79 Å². The summed E-state index contributed by atoms with van der Waals surface area (Å²) in [6.45, 7) is 2.98. The Morgan fingerprint density at radius 3 is 2.86 bits per heavy atom. The normalized spacial score (nSPS) is 13.0. The second-order valence-corrected chi connectivity index (χ2v) is 5.46. The molecule has 5 heteroatoms. The van der Waals surface area contributed by atoms with Crippen LogP contribution in [0.1, 0.15) is 31.7 Å². The van der Waals surface area contributed by atoms with E-state index in [0.29, 0.717) is 12.2 Å². The van der Waals surface area contributed by atoms with Crippen LogP contribution < -0.4 is 10.2 Å². The third-order valence-electron chi connectivity index (χ3n) is 3.84. The molecule has 5 nitrogen and oxygen atoms in total. The Bertz CT molecular complexity index is 654. The molecule has 1 amide bonds. The van der Waals surface area contributed by atoms with E-state index < -0.39 is 0 Å². The number of amides is 1. The van der Waals surface area contributed by atoms with Crippen molar-refractivity contribution in [2.24, 2.45) is 0 Å². The summed E-state index contributed by atoms with van der Waals surface area (Å²) in [4.78, 5) is 13.8. The fraction of sp³-hybridized carbons (Fsp3) is 0.353. The minimum Gasteiger partial charge on any atom is -0.324 e. The summed E-state index contributed by atoms with van der Waals surface area (Å²) >= 11 is 0. The Morgan fingerprint density at radius 2 is 2.09 bits per heavy atom. The third-order valence-corrected chi connectivity index (χ3v) is 3.84. The fourth-order valence-corrected chi connectivity index (χ4v) is 2.65. The van der Waals surface area contributed by atoms with Gasteiger partial charge in [0, 0.05) is 18.7 Å². The quantitative estimate of drug-likeness (QED) is 0.919. The Balaban J connectivity index is 1.69. The lowest BCUT2D eigenvalue weighted by atomic mass is 10.2. The maximum absolute atomic E-state index is 11.7. The van der Waals surface area contributed by atoms with Crippen LogP contribution in [0.4, 0.5) is 17.3 Å². The Kier molecular flexibility index (Phi) is 4.32. The Labute approximate surface area is 130 Å². The smallest absolute Gasteiger partial charge is 0.225 e. The lowest BCUT2D eigenvalue weighted by molar-refractivity contribution is -0.116. The van der Waals surface area contributed by atoms with Gasteiger partial charge >= 0.3 is 0 Å². The minimum absolute atomic E-state index is 0.00424. The summed E-state index contributed by atoms with van der Waals surface area (Å²) in [6.07, 6.45) is 3.45. The van der Waals surface area contributed by atoms with Crippen LogP contribution in [0.5, 0.6) is 0 Å². The highest BCUT2D eigenvalue weighted by Crippen LogP contribution is 2.32. The first-order valence-corrected chi connectivity index (χ1v) is 7.77. The van der Waals surface area contributed by atoms with Crippen LogP contribution in [-0.2, 0) is 11.2 Å². The maximum Gasteiger partial charge on any atom is 0.225 e. The van der Waals surface area contributed by atoms with E-state index in [1.54, 1.807) is 0 Å². The van der Waals surface area contributed by atoms with Gasteiger partial charge in [-0.15, -0.1) is 10.2 Å². The van der Waals surface area contributed by atoms with Crippen LogP contribution in [-0.4, -0.2) is 22.6 Å². The number of rotatable bonds is 5. The average molecular weight is 296 g/mol. The Hall–Kier alpha value is -2.43. The first-order chi connectivity index (χ1) is 10.8. The van der Waals surface area contributed by atoms with Crippen molar-refractivity contribution in [1.82, 2.24) is 10.2 Å². The molecule has 1 aliphatic heterocycles. The van der Waals surface area contributed by atoms with Gasteiger partial charge in [0.1, 0.15) is 0 Å². The van der Waals surface area contributed by atoms with Gasteiger partial charge in [-0.3, -0.25) is 4.79 Å². The molecule has 2 heterocycles. The first kappa shape index (κ1) is 14.5. The predicted molar refractivity (Wildman–Crippen MR) is 87.3 cm³/mol. The molecule has 0 aliphatic carbocycles. The van der Waals surface area contributed by atoms with Gasteiger partial charge in [0.25, 0.3) is 0 Å². The zero-order valence-corrected chi connectivity index (χ0v) is 12.7. The van der Waals surface area contributed by atoms with Gasteiger partial charge in [0.15, 0.2) is 11.6 Å². The van der Waals surface area contributed by atoms with Crippen molar-refractivity contribution in [1.29, 1.82) is 0 Å². The predicted octanol–water partition coefficient (Wildman–Crippen LogP) is 3.30. The molecular formula is C17H20N4O. The Morgan fingerprint density at radius 1 is 1.23 bits per heavy atom. The molecule has 0 unspecified atom stereocenters. The van der Waals surface area contributed by atoms with Crippen molar-refractivity contribution in [2.75, 3.05) is 16.8 Å². The summed E-state index contributed by atoms with van der Waals surface area (Å²) < 4.78 is 0. The van der Waals surface area contributed by atoms with E-state index in [1.165, 1.54) is 11.3 Å². The van der Waals surface area contributed by atoms with Crippen LogP contribution >= 0.6 is 0 Å². The van der Waals surface area contributed by atoms with E-state index in [0.717, 1.165) is 31.6 Å². The molecule has 3 rings (SSSR count). The van der Waals surface area contributed by atoms with Crippen molar-refractivity contribution in [3.63, 3.8) is 0 Å². The van der Waals surface area contributed by atoms with Gasteiger partial charge < -0.3 is 10.2 Å². The molecule has 0 atom stereocenters. The lowest BCUT2D eigenvalue weighted by Crippen LogP contribution is -2.17. The molecule has 1 aromatic carbocycles. The zero-order valence-electron chi connectivity index (χ0n) is 12.7. The van der Waals surface area contributed by atoms with E-state index in [4.69, 9.17) is 0 Å². The highest BCUT2D eigenvalue weighted by molar-refractivity contribution is 5.89. The van der Waals surface area contributed by atoms with Crippen LogP contribution in [0.25, 0.3) is 0 Å². The molecule has 1 aromatic heterocycles. The van der Waals surface area contributed by atoms with Gasteiger partial charge in [-0.1, -0.05) is 31.5 Å². The minimum atomic E-state index is -0.00424. The first-order valence-electron chi connectivity index (χ1n) is 7.77. The monoisotopic (exact) mass is 296 g/mol. The third kappa shape index (κ3) is 3.08. The van der Waals surface area contributed by atoms with E-state index in [9.17, 15) is 4.79 Å². The molecule has 2 aromatic rings. The SMILES string of the molecule is CCCCC(=O)Nc1ccc(N2CCc3ccccc32)nn1. The number of anilines is 3. The number of para-hydroxylation sites is 1. The highest BCUT2D eigenvalue weighted by Gasteiger charge is 2.20. The number of hydrogen-bond donors (Lipinski definition) is 1. The molecule has 0 spiro atoms. The number of benzene rings is 1. The molecule has 1 N–H and O–H groups in total. The molecule has 114 valence electrons. The largest absolute Gasteiger partial charge is 0.324 e. The van der Waals surface area contributed by atoms with Gasteiger partial charge in [-0.05, 0) is 36.6 Å². The number of carbonyl (C=O) groups excluding carboxylic acids is 1. The molecule has 0 saturated carbocycles. The van der Waals surface area contributed by atoms with E-state index in [-0.39, 0.29) is 5.91 Å². The summed E-state index contributed by atoms with van der Waals surface area (Å²) in [5, 5.41) is 11.2. The van der Waals surface area contributed by atoms with Gasteiger partial charge in [0.2, 0.25) is 5.91 Å². The van der Waals surface area contributed by atoms with Gasteiger partial charge in [0.05, 0.1) is 0 Å². The van der Waals surface area contributed by atoms with Crippen LogP contribution in [0.3, 0.4) is 0 Å². The average Bonchev–Trinajstić information content (AvgIpc) is 2.98. The number of carbonyl (C=O) groups is 1. The van der Waals surface area contributed by atoms with Crippen LogP contribution in [0, 0.1) is 0 Å². The van der Waals surface area contributed by atoms with Crippen molar-refractivity contribution in [2.45, 2.75) is 32.6 Å². The molecule has 0 saturated heterocycles. The molecule has 1 aliphatic rings. The van der Waals surface area contributed by atoms with Crippen molar-refractivity contribution in [3.05, 3.63) is 42.0 Å². The number of fused-ring (bicyclic) bond motifs is 1. The number of nitrogens with one attached hydrogen (secondary N) is 1. The highest BCUT2D eigenvalue weighted by atomic mass is 16.1. The fourth-order valence-electron chi connectivity index (χ4n) is 2.65. The van der Waals surface area contributed by atoms with E-state index >= 15 is 0 Å².